The summed E-state index contributed by atoms with van der Waals surface area (Å²) in [7, 11) is 1.10. The molecule has 7 heteroatoms. The van der Waals surface area contributed by atoms with Crippen LogP contribution < -0.4 is 4.74 Å². The molecule has 0 atom stereocenters. The van der Waals surface area contributed by atoms with Crippen molar-refractivity contribution < 1.29 is 32.6 Å². The number of carbonyl (C=O) groups is 2. The van der Waals surface area contributed by atoms with Gasteiger partial charge in [0.05, 0.1) is 12.7 Å². The van der Waals surface area contributed by atoms with Crippen molar-refractivity contribution in [1.29, 1.82) is 0 Å². The number of carboxylic acids is 1. The van der Waals surface area contributed by atoms with Gasteiger partial charge in [-0.3, -0.25) is 9.59 Å². The minimum atomic E-state index is -4.66. The normalized spacial score (nSPS) is 17.5. The number of alkyl halides is 3. The van der Waals surface area contributed by atoms with Crippen molar-refractivity contribution in [1.82, 2.24) is 0 Å². The summed E-state index contributed by atoms with van der Waals surface area (Å²) in [4.78, 5) is 22.4. The third-order valence-electron chi connectivity index (χ3n) is 3.46. The lowest BCUT2D eigenvalue weighted by molar-refractivity contribution is -0.153. The number of aliphatic carboxylic acids is 1. The SMILES string of the molecule is COc1ccc(C2(C(=O)O)CC(=O)C2)cc1C(F)(F)F. The van der Waals surface area contributed by atoms with Gasteiger partial charge in [-0.2, -0.15) is 13.2 Å². The van der Waals surface area contributed by atoms with E-state index in [1.165, 1.54) is 6.07 Å². The van der Waals surface area contributed by atoms with Crippen LogP contribution in [0.25, 0.3) is 0 Å². The number of rotatable bonds is 3. The number of Topliss-reactive ketones (excluding diaryl/α,β-unsaturated/α-hetero) is 1. The maximum Gasteiger partial charge on any atom is 0.419 e. The summed E-state index contributed by atoms with van der Waals surface area (Å²) in [6, 6.07) is 3.08. The maximum atomic E-state index is 12.9. The van der Waals surface area contributed by atoms with Crippen molar-refractivity contribution in [3.63, 3.8) is 0 Å². The van der Waals surface area contributed by atoms with Gasteiger partial charge >= 0.3 is 12.1 Å². The van der Waals surface area contributed by atoms with Crippen molar-refractivity contribution in [2.24, 2.45) is 0 Å². The number of carboxylic acid groups (broad SMARTS) is 1. The van der Waals surface area contributed by atoms with E-state index in [9.17, 15) is 27.9 Å². The highest BCUT2D eigenvalue weighted by molar-refractivity contribution is 6.01. The van der Waals surface area contributed by atoms with Gasteiger partial charge in [-0.15, -0.1) is 0 Å². The molecule has 4 nitrogen and oxygen atoms in total. The average molecular weight is 288 g/mol. The number of carbonyl (C=O) groups excluding carboxylic acids is 1. The van der Waals surface area contributed by atoms with Crippen LogP contribution >= 0.6 is 0 Å². The zero-order valence-corrected chi connectivity index (χ0v) is 10.5. The highest BCUT2D eigenvalue weighted by atomic mass is 19.4. The van der Waals surface area contributed by atoms with Crippen LogP contribution in [0.1, 0.15) is 24.0 Å². The van der Waals surface area contributed by atoms with Gasteiger partial charge in [0.1, 0.15) is 16.9 Å². The summed E-state index contributed by atoms with van der Waals surface area (Å²) in [5.41, 5.74) is -2.63. The first-order valence-corrected chi connectivity index (χ1v) is 5.71. The van der Waals surface area contributed by atoms with Crippen LogP contribution in [-0.4, -0.2) is 24.0 Å². The molecule has 1 saturated carbocycles. The standard InChI is InChI=1S/C13H11F3O4/c1-20-10-3-2-7(4-9(10)13(14,15)16)12(11(18)19)5-8(17)6-12/h2-4H,5-6H2,1H3,(H,18,19). The Balaban J connectivity index is 2.54. The average Bonchev–Trinajstić information content (AvgIpc) is 2.32. The molecule has 0 heterocycles. The summed E-state index contributed by atoms with van der Waals surface area (Å²) in [6.07, 6.45) is -5.23. The molecule has 1 aromatic rings. The Kier molecular flexibility index (Phi) is 3.23. The minimum Gasteiger partial charge on any atom is -0.496 e. The molecule has 1 aliphatic rings. The van der Waals surface area contributed by atoms with Crippen molar-refractivity contribution in [2.45, 2.75) is 24.4 Å². The number of halogens is 3. The van der Waals surface area contributed by atoms with Gasteiger partial charge in [-0.1, -0.05) is 6.07 Å². The van der Waals surface area contributed by atoms with Gasteiger partial charge in [0.15, 0.2) is 0 Å². The van der Waals surface area contributed by atoms with E-state index in [0.29, 0.717) is 0 Å². The van der Waals surface area contributed by atoms with Crippen LogP contribution in [0, 0.1) is 0 Å². The van der Waals surface area contributed by atoms with Gasteiger partial charge in [0, 0.05) is 12.8 Å². The second kappa shape index (κ2) is 4.50. The van der Waals surface area contributed by atoms with Crippen LogP contribution in [0.15, 0.2) is 18.2 Å². The fourth-order valence-electron chi connectivity index (χ4n) is 2.33. The molecule has 0 spiro atoms. The minimum absolute atomic E-state index is 0.0299. The number of hydrogen-bond donors (Lipinski definition) is 1. The lowest BCUT2D eigenvalue weighted by Gasteiger charge is -2.37. The molecule has 0 amide bonds. The summed E-state index contributed by atoms with van der Waals surface area (Å²) in [5, 5.41) is 9.21. The van der Waals surface area contributed by atoms with Gasteiger partial charge in [0.25, 0.3) is 0 Å². The van der Waals surface area contributed by atoms with E-state index in [0.717, 1.165) is 19.2 Å². The van der Waals surface area contributed by atoms with Crippen molar-refractivity contribution >= 4 is 11.8 Å². The molecule has 1 aliphatic carbocycles. The molecule has 0 unspecified atom stereocenters. The van der Waals surface area contributed by atoms with Gasteiger partial charge in [-0.25, -0.2) is 0 Å². The molecule has 108 valence electrons. The predicted molar refractivity (Wildman–Crippen MR) is 61.6 cm³/mol. The van der Waals surface area contributed by atoms with Crippen LogP contribution in [0.5, 0.6) is 5.75 Å². The quantitative estimate of drug-likeness (QED) is 0.927. The molecular formula is C13H11F3O4. The molecular weight excluding hydrogens is 277 g/mol. The Morgan fingerprint density at radius 3 is 2.35 bits per heavy atom. The van der Waals surface area contributed by atoms with E-state index in [4.69, 9.17) is 0 Å². The zero-order valence-electron chi connectivity index (χ0n) is 10.5. The van der Waals surface area contributed by atoms with Crippen LogP contribution in [-0.2, 0) is 21.2 Å². The van der Waals surface area contributed by atoms with E-state index in [1.807, 2.05) is 0 Å². The Morgan fingerprint density at radius 1 is 1.35 bits per heavy atom. The summed E-state index contributed by atoms with van der Waals surface area (Å²) >= 11 is 0. The summed E-state index contributed by atoms with van der Waals surface area (Å²) in [5.74, 6) is -1.96. The molecule has 1 N–H and O–H groups in total. The lowest BCUT2D eigenvalue weighted by Crippen LogP contribution is -2.48. The number of hydrogen-bond acceptors (Lipinski definition) is 3. The number of ether oxygens (including phenoxy) is 1. The smallest absolute Gasteiger partial charge is 0.419 e. The van der Waals surface area contributed by atoms with E-state index >= 15 is 0 Å². The van der Waals surface area contributed by atoms with Crippen molar-refractivity contribution in [3.05, 3.63) is 29.3 Å². The predicted octanol–water partition coefficient (Wildman–Crippen LogP) is 2.40. The van der Waals surface area contributed by atoms with E-state index in [2.05, 4.69) is 4.74 Å². The fraction of sp³-hybridized carbons (Fsp3) is 0.385. The topological polar surface area (TPSA) is 63.6 Å². The largest absolute Gasteiger partial charge is 0.496 e. The van der Waals surface area contributed by atoms with Crippen LogP contribution in [0.4, 0.5) is 13.2 Å². The second-order valence-corrected chi connectivity index (χ2v) is 4.69. The monoisotopic (exact) mass is 288 g/mol. The molecule has 0 aromatic heterocycles. The molecule has 0 bridgehead atoms. The summed E-state index contributed by atoms with van der Waals surface area (Å²) < 4.78 is 43.4. The highest BCUT2D eigenvalue weighted by Crippen LogP contribution is 2.45. The van der Waals surface area contributed by atoms with Crippen LogP contribution in [0.2, 0.25) is 0 Å². The number of ketones is 1. The molecule has 0 saturated heterocycles. The molecule has 0 radical (unpaired) electrons. The zero-order chi connectivity index (χ0) is 15.1. The highest BCUT2D eigenvalue weighted by Gasteiger charge is 2.52. The van der Waals surface area contributed by atoms with Crippen LogP contribution in [0.3, 0.4) is 0 Å². The molecule has 20 heavy (non-hydrogen) atoms. The van der Waals surface area contributed by atoms with Crippen molar-refractivity contribution in [3.8, 4) is 5.75 Å². The van der Waals surface area contributed by atoms with Gasteiger partial charge < -0.3 is 9.84 Å². The Morgan fingerprint density at radius 2 is 1.95 bits per heavy atom. The molecule has 2 rings (SSSR count). The lowest BCUT2D eigenvalue weighted by atomic mass is 9.63. The fourth-order valence-corrected chi connectivity index (χ4v) is 2.33. The Bertz CT molecular complexity index is 569. The second-order valence-electron chi connectivity index (χ2n) is 4.69. The first kappa shape index (κ1) is 14.4. The maximum absolute atomic E-state index is 12.9. The van der Waals surface area contributed by atoms with E-state index < -0.39 is 23.1 Å². The first-order valence-electron chi connectivity index (χ1n) is 5.71. The molecule has 1 aromatic carbocycles. The number of benzene rings is 1. The molecule has 0 aliphatic heterocycles. The van der Waals surface area contributed by atoms with E-state index in [-0.39, 0.29) is 29.9 Å². The van der Waals surface area contributed by atoms with E-state index in [1.54, 1.807) is 0 Å². The number of methoxy groups -OCH3 is 1. The van der Waals surface area contributed by atoms with Crippen molar-refractivity contribution in [2.75, 3.05) is 7.11 Å². The van der Waals surface area contributed by atoms with Gasteiger partial charge in [-0.05, 0) is 17.7 Å². The third kappa shape index (κ3) is 2.13. The molecule has 1 fully saturated rings. The van der Waals surface area contributed by atoms with Gasteiger partial charge in [0.2, 0.25) is 0 Å². The Hall–Kier alpha value is -2.05. The summed E-state index contributed by atoms with van der Waals surface area (Å²) in [6.45, 7) is 0. The Labute approximate surface area is 112 Å². The third-order valence-corrected chi connectivity index (χ3v) is 3.46. The first-order chi connectivity index (χ1) is 9.20.